The first kappa shape index (κ1) is 28.8. The molecule has 2 aliphatic heterocycles. The summed E-state index contributed by atoms with van der Waals surface area (Å²) >= 11 is 1.83. The molecular weight excluding hydrogens is 512 g/mol. The van der Waals surface area contributed by atoms with Crippen LogP contribution in [0.5, 0.6) is 0 Å². The Kier molecular flexibility index (Phi) is 10.3. The van der Waals surface area contributed by atoms with Crippen molar-refractivity contribution in [3.05, 3.63) is 87.6 Å². The zero-order valence-corrected chi connectivity index (χ0v) is 25.2. The number of anilines is 1. The molecule has 5 nitrogen and oxygen atoms in total. The van der Waals surface area contributed by atoms with Crippen LogP contribution in [-0.4, -0.2) is 73.0 Å². The molecule has 0 aliphatic carbocycles. The highest BCUT2D eigenvalue weighted by atomic mass is 32.1. The van der Waals surface area contributed by atoms with Crippen molar-refractivity contribution in [1.82, 2.24) is 14.7 Å². The smallest absolute Gasteiger partial charge is 0.254 e. The lowest BCUT2D eigenvalue weighted by atomic mass is 9.99. The van der Waals surface area contributed by atoms with Gasteiger partial charge < -0.3 is 14.7 Å². The maximum absolute atomic E-state index is 14.0. The van der Waals surface area contributed by atoms with E-state index in [9.17, 15) is 4.79 Å². The van der Waals surface area contributed by atoms with E-state index in [1.807, 2.05) is 11.3 Å². The van der Waals surface area contributed by atoms with Gasteiger partial charge in [-0.15, -0.1) is 11.3 Å². The summed E-state index contributed by atoms with van der Waals surface area (Å²) in [5.41, 5.74) is 4.64. The number of aryl methyl sites for hydroxylation is 1. The fraction of sp³-hybridized carbons (Fsp3) is 0.500. The lowest BCUT2D eigenvalue weighted by molar-refractivity contribution is 0.0544. The third-order valence-corrected chi connectivity index (χ3v) is 9.51. The summed E-state index contributed by atoms with van der Waals surface area (Å²) in [6, 6.07) is 22.0. The maximum Gasteiger partial charge on any atom is 0.254 e. The van der Waals surface area contributed by atoms with Gasteiger partial charge in [-0.3, -0.25) is 9.69 Å². The van der Waals surface area contributed by atoms with Crippen molar-refractivity contribution in [2.75, 3.05) is 51.2 Å². The van der Waals surface area contributed by atoms with Crippen LogP contribution in [0.25, 0.3) is 0 Å². The molecule has 5 rings (SSSR count). The van der Waals surface area contributed by atoms with Crippen molar-refractivity contribution in [2.45, 2.75) is 64.6 Å². The molecule has 0 saturated carbocycles. The number of benzene rings is 2. The van der Waals surface area contributed by atoms with Gasteiger partial charge in [0.05, 0.1) is 0 Å². The molecule has 0 radical (unpaired) electrons. The minimum atomic E-state index is 0.167. The Balaban J connectivity index is 1.27. The first-order valence-electron chi connectivity index (χ1n) is 15.3. The number of likely N-dealkylation sites (tertiary alicyclic amines) is 1. The third-order valence-electron chi connectivity index (χ3n) is 8.65. The maximum atomic E-state index is 14.0. The third kappa shape index (κ3) is 7.74. The van der Waals surface area contributed by atoms with Gasteiger partial charge in [0.2, 0.25) is 0 Å². The number of thiophene rings is 1. The van der Waals surface area contributed by atoms with Gasteiger partial charge in [0.25, 0.3) is 5.91 Å². The van der Waals surface area contributed by atoms with Gasteiger partial charge in [-0.1, -0.05) is 50.1 Å². The number of carbonyl (C=O) groups is 1. The van der Waals surface area contributed by atoms with Gasteiger partial charge in [0, 0.05) is 74.5 Å². The molecule has 2 fully saturated rings. The SMILES string of the molecule is CCCCCc1ccc(C(=O)N(Cc2ccc(N3CCN(C)CC3)cc2)C2CCN(Cc3cccs3)CC2)cc1. The number of piperazine rings is 1. The Bertz CT molecular complexity index is 1160. The standard InChI is InChI=1S/C34H46N4OS/c1-3-4-5-7-28-9-13-30(14-10-28)34(39)38(32-17-19-36(20-18-32)27-33-8-6-25-40-33)26-29-11-15-31(16-12-29)37-23-21-35(2)22-24-37/h6,8-16,25,32H,3-5,7,17-24,26-27H2,1-2H3. The van der Waals surface area contributed by atoms with Crippen molar-refractivity contribution in [3.63, 3.8) is 0 Å². The molecule has 0 bridgehead atoms. The van der Waals surface area contributed by atoms with Crippen LogP contribution in [0.15, 0.2) is 66.0 Å². The van der Waals surface area contributed by atoms with Crippen molar-refractivity contribution in [1.29, 1.82) is 0 Å². The molecule has 1 aromatic heterocycles. The highest BCUT2D eigenvalue weighted by molar-refractivity contribution is 7.09. The first-order chi connectivity index (χ1) is 19.6. The minimum Gasteiger partial charge on any atom is -0.369 e. The molecule has 2 saturated heterocycles. The molecule has 3 heterocycles. The van der Waals surface area contributed by atoms with Gasteiger partial charge >= 0.3 is 0 Å². The van der Waals surface area contributed by atoms with E-state index in [1.54, 1.807) is 0 Å². The fourth-order valence-corrected chi connectivity index (χ4v) is 6.76. The number of piperidine rings is 1. The van der Waals surface area contributed by atoms with E-state index in [2.05, 4.69) is 99.6 Å². The van der Waals surface area contributed by atoms with E-state index in [1.165, 1.54) is 41.0 Å². The number of likely N-dealkylation sites (N-methyl/N-ethyl adjacent to an activating group) is 1. The van der Waals surface area contributed by atoms with E-state index in [4.69, 9.17) is 0 Å². The number of nitrogens with zero attached hydrogens (tertiary/aromatic N) is 4. The van der Waals surface area contributed by atoms with E-state index < -0.39 is 0 Å². The van der Waals surface area contributed by atoms with Crippen LogP contribution in [0.2, 0.25) is 0 Å². The second kappa shape index (κ2) is 14.3. The van der Waals surface area contributed by atoms with E-state index in [-0.39, 0.29) is 11.9 Å². The van der Waals surface area contributed by atoms with Crippen LogP contribution in [0.3, 0.4) is 0 Å². The molecule has 0 atom stereocenters. The minimum absolute atomic E-state index is 0.167. The van der Waals surface area contributed by atoms with Crippen LogP contribution < -0.4 is 4.90 Å². The predicted molar refractivity (Wildman–Crippen MR) is 168 cm³/mol. The van der Waals surface area contributed by atoms with Crippen LogP contribution in [0, 0.1) is 0 Å². The molecule has 0 N–H and O–H groups in total. The van der Waals surface area contributed by atoms with Gasteiger partial charge in [0.1, 0.15) is 0 Å². The molecule has 1 amide bonds. The Morgan fingerprint density at radius 1 is 0.875 bits per heavy atom. The molecule has 0 spiro atoms. The lowest BCUT2D eigenvalue weighted by Gasteiger charge is -2.39. The summed E-state index contributed by atoms with van der Waals surface area (Å²) in [6.07, 6.45) is 6.83. The van der Waals surface area contributed by atoms with Gasteiger partial charge in [0.15, 0.2) is 0 Å². The molecule has 6 heteroatoms. The quantitative estimate of drug-likeness (QED) is 0.250. The second-order valence-corrected chi connectivity index (χ2v) is 12.7. The number of amides is 1. The number of unbranched alkanes of at least 4 members (excludes halogenated alkanes) is 2. The lowest BCUT2D eigenvalue weighted by Crippen LogP contribution is -2.46. The van der Waals surface area contributed by atoms with E-state index in [0.29, 0.717) is 6.54 Å². The Morgan fingerprint density at radius 3 is 2.23 bits per heavy atom. The fourth-order valence-electron chi connectivity index (χ4n) is 6.01. The molecule has 0 unspecified atom stereocenters. The summed E-state index contributed by atoms with van der Waals surface area (Å²) in [5, 5.41) is 2.16. The highest BCUT2D eigenvalue weighted by Gasteiger charge is 2.29. The zero-order valence-electron chi connectivity index (χ0n) is 24.4. The van der Waals surface area contributed by atoms with Crippen LogP contribution >= 0.6 is 11.3 Å². The van der Waals surface area contributed by atoms with Crippen molar-refractivity contribution < 1.29 is 4.79 Å². The summed E-state index contributed by atoms with van der Waals surface area (Å²) in [4.78, 5) is 25.0. The molecule has 214 valence electrons. The molecular formula is C34H46N4OS. The number of hydrogen-bond donors (Lipinski definition) is 0. The topological polar surface area (TPSA) is 30.0 Å². The predicted octanol–water partition coefficient (Wildman–Crippen LogP) is 6.54. The Hall–Kier alpha value is -2.67. The van der Waals surface area contributed by atoms with Gasteiger partial charge in [-0.2, -0.15) is 0 Å². The van der Waals surface area contributed by atoms with Gasteiger partial charge in [-0.25, -0.2) is 0 Å². The molecule has 40 heavy (non-hydrogen) atoms. The first-order valence-corrected chi connectivity index (χ1v) is 16.1. The van der Waals surface area contributed by atoms with Gasteiger partial charge in [-0.05, 0) is 79.6 Å². The van der Waals surface area contributed by atoms with E-state index in [0.717, 1.165) is 70.6 Å². The second-order valence-electron chi connectivity index (χ2n) is 11.6. The molecule has 3 aromatic rings. The number of carbonyl (C=O) groups excluding carboxylic acids is 1. The number of hydrogen-bond acceptors (Lipinski definition) is 5. The van der Waals surface area contributed by atoms with E-state index >= 15 is 0 Å². The molecule has 2 aromatic carbocycles. The summed E-state index contributed by atoms with van der Waals surface area (Å²) in [6.45, 7) is 10.3. The van der Waals surface area contributed by atoms with Crippen LogP contribution in [0.4, 0.5) is 5.69 Å². The summed E-state index contributed by atoms with van der Waals surface area (Å²) < 4.78 is 0. The summed E-state index contributed by atoms with van der Waals surface area (Å²) in [5.74, 6) is 0.167. The Morgan fingerprint density at radius 2 is 1.57 bits per heavy atom. The zero-order chi connectivity index (χ0) is 27.7. The number of rotatable bonds is 11. The summed E-state index contributed by atoms with van der Waals surface area (Å²) in [7, 11) is 2.19. The van der Waals surface area contributed by atoms with Crippen molar-refractivity contribution in [3.8, 4) is 0 Å². The van der Waals surface area contributed by atoms with Crippen molar-refractivity contribution >= 4 is 22.9 Å². The van der Waals surface area contributed by atoms with Crippen LogP contribution in [-0.2, 0) is 19.5 Å². The average molecular weight is 559 g/mol. The average Bonchev–Trinajstić information content (AvgIpc) is 3.50. The Labute approximate surface area is 245 Å². The normalized spacial score (nSPS) is 17.3. The monoisotopic (exact) mass is 558 g/mol. The largest absolute Gasteiger partial charge is 0.369 e. The van der Waals surface area contributed by atoms with Crippen LogP contribution in [0.1, 0.15) is 65.4 Å². The highest BCUT2D eigenvalue weighted by Crippen LogP contribution is 2.25. The molecule has 2 aliphatic rings. The van der Waals surface area contributed by atoms with Crippen molar-refractivity contribution in [2.24, 2.45) is 0 Å².